The first-order chi connectivity index (χ1) is 9.76. The number of rotatable bonds is 4. The molecule has 0 fully saturated rings. The largest absolute Gasteiger partial charge is 0.465 e. The summed E-state index contributed by atoms with van der Waals surface area (Å²) < 4.78 is 58.4. The number of sulfonamides is 1. The molecule has 1 aromatic carbocycles. The Morgan fingerprint density at radius 3 is 2.52 bits per heavy atom. The van der Waals surface area contributed by atoms with Crippen LogP contribution in [0.2, 0.25) is 0 Å². The SMILES string of the molecule is Cc1oc(C)c(S(=O)(=O)Nc2cc(F)ccc2F)c1CO. The topological polar surface area (TPSA) is 79.5 Å². The number of hydrogen-bond donors (Lipinski definition) is 2. The molecule has 5 nitrogen and oxygen atoms in total. The molecule has 0 bridgehead atoms. The Balaban J connectivity index is 2.51. The van der Waals surface area contributed by atoms with Crippen molar-refractivity contribution in [1.29, 1.82) is 0 Å². The fraction of sp³-hybridized carbons (Fsp3) is 0.231. The van der Waals surface area contributed by atoms with Gasteiger partial charge in [0.15, 0.2) is 0 Å². The van der Waals surface area contributed by atoms with E-state index < -0.39 is 34.0 Å². The van der Waals surface area contributed by atoms with Gasteiger partial charge in [0.1, 0.15) is 28.1 Å². The quantitative estimate of drug-likeness (QED) is 0.908. The molecule has 114 valence electrons. The standard InChI is InChI=1S/C13H13F2NO4S/c1-7-10(6-17)13(8(2)20-7)21(18,19)16-12-5-9(14)3-4-11(12)15/h3-5,16-17H,6H2,1-2H3. The van der Waals surface area contributed by atoms with Crippen LogP contribution in [0.4, 0.5) is 14.5 Å². The number of anilines is 1. The second kappa shape index (κ2) is 5.45. The van der Waals surface area contributed by atoms with Gasteiger partial charge >= 0.3 is 0 Å². The third-order valence-electron chi connectivity index (χ3n) is 2.92. The predicted octanol–water partition coefficient (Wildman–Crippen LogP) is 2.47. The zero-order chi connectivity index (χ0) is 15.8. The molecule has 8 heteroatoms. The summed E-state index contributed by atoms with van der Waals surface area (Å²) in [5, 5.41) is 9.25. The van der Waals surface area contributed by atoms with Crippen molar-refractivity contribution in [3.63, 3.8) is 0 Å². The number of aryl methyl sites for hydroxylation is 2. The van der Waals surface area contributed by atoms with E-state index in [9.17, 15) is 22.3 Å². The molecule has 0 radical (unpaired) electrons. The molecule has 2 rings (SSSR count). The number of furan rings is 1. The van der Waals surface area contributed by atoms with E-state index in [1.807, 2.05) is 4.72 Å². The highest BCUT2D eigenvalue weighted by Gasteiger charge is 2.27. The van der Waals surface area contributed by atoms with Crippen LogP contribution >= 0.6 is 0 Å². The number of halogens is 2. The maximum Gasteiger partial charge on any atom is 0.265 e. The van der Waals surface area contributed by atoms with Gasteiger partial charge in [0.05, 0.1) is 12.3 Å². The van der Waals surface area contributed by atoms with Crippen LogP contribution in [0.1, 0.15) is 17.1 Å². The smallest absolute Gasteiger partial charge is 0.265 e. The third-order valence-corrected chi connectivity index (χ3v) is 4.48. The molecule has 2 aromatic rings. The van der Waals surface area contributed by atoms with Crippen molar-refractivity contribution < 1.29 is 26.7 Å². The molecule has 0 unspecified atom stereocenters. The number of nitrogens with one attached hydrogen (secondary N) is 1. The Hall–Kier alpha value is -1.93. The highest BCUT2D eigenvalue weighted by molar-refractivity contribution is 7.92. The number of hydrogen-bond acceptors (Lipinski definition) is 4. The summed E-state index contributed by atoms with van der Waals surface area (Å²) in [5.74, 6) is -1.39. The summed E-state index contributed by atoms with van der Waals surface area (Å²) >= 11 is 0. The van der Waals surface area contributed by atoms with Gasteiger partial charge in [-0.2, -0.15) is 0 Å². The molecule has 1 heterocycles. The van der Waals surface area contributed by atoms with Gasteiger partial charge in [-0.05, 0) is 26.0 Å². The maximum absolute atomic E-state index is 13.5. The number of aliphatic hydroxyl groups is 1. The first-order valence-electron chi connectivity index (χ1n) is 5.94. The second-order valence-electron chi connectivity index (χ2n) is 4.41. The van der Waals surface area contributed by atoms with Crippen LogP contribution in [0.25, 0.3) is 0 Å². The Bertz CT molecular complexity index is 784. The molecule has 0 aliphatic rings. The van der Waals surface area contributed by atoms with E-state index in [1.165, 1.54) is 13.8 Å². The van der Waals surface area contributed by atoms with Gasteiger partial charge in [-0.3, -0.25) is 4.72 Å². The summed E-state index contributed by atoms with van der Waals surface area (Å²) in [4.78, 5) is -0.272. The van der Waals surface area contributed by atoms with E-state index in [-0.39, 0.29) is 22.0 Å². The molecule has 2 N–H and O–H groups in total. The lowest BCUT2D eigenvalue weighted by Gasteiger charge is -2.09. The van der Waals surface area contributed by atoms with Crippen LogP contribution in [0.5, 0.6) is 0 Å². The average molecular weight is 317 g/mol. The molecule has 0 amide bonds. The van der Waals surface area contributed by atoms with Crippen LogP contribution in [-0.4, -0.2) is 13.5 Å². The normalized spacial score (nSPS) is 11.7. The minimum absolute atomic E-state index is 0.0564. The van der Waals surface area contributed by atoms with Crippen LogP contribution in [0.3, 0.4) is 0 Å². The lowest BCUT2D eigenvalue weighted by atomic mass is 10.2. The van der Waals surface area contributed by atoms with Gasteiger partial charge in [-0.25, -0.2) is 17.2 Å². The highest BCUT2D eigenvalue weighted by Crippen LogP contribution is 2.29. The Labute approximate surface area is 120 Å². The van der Waals surface area contributed by atoms with Crippen LogP contribution < -0.4 is 4.72 Å². The summed E-state index contributed by atoms with van der Waals surface area (Å²) in [6.45, 7) is 2.36. The van der Waals surface area contributed by atoms with Crippen molar-refractivity contribution in [3.8, 4) is 0 Å². The number of aliphatic hydroxyl groups excluding tert-OH is 1. The van der Waals surface area contributed by atoms with Crippen molar-refractivity contribution >= 4 is 15.7 Å². The average Bonchev–Trinajstić information content (AvgIpc) is 2.68. The molecule has 0 aliphatic carbocycles. The minimum Gasteiger partial charge on any atom is -0.465 e. The van der Waals surface area contributed by atoms with E-state index in [1.54, 1.807) is 0 Å². The summed E-state index contributed by atoms with van der Waals surface area (Å²) in [5.41, 5.74) is -0.436. The van der Waals surface area contributed by atoms with Crippen molar-refractivity contribution in [1.82, 2.24) is 0 Å². The molecular weight excluding hydrogens is 304 g/mol. The Morgan fingerprint density at radius 2 is 1.90 bits per heavy atom. The van der Waals surface area contributed by atoms with Gasteiger partial charge in [0.2, 0.25) is 0 Å². The van der Waals surface area contributed by atoms with E-state index in [0.29, 0.717) is 0 Å². The molecule has 0 saturated carbocycles. The van der Waals surface area contributed by atoms with Crippen LogP contribution in [0.15, 0.2) is 27.5 Å². The fourth-order valence-corrected chi connectivity index (χ4v) is 3.52. The van der Waals surface area contributed by atoms with Crippen molar-refractivity contribution in [3.05, 3.63) is 46.9 Å². The van der Waals surface area contributed by atoms with E-state index in [2.05, 4.69) is 0 Å². The van der Waals surface area contributed by atoms with E-state index >= 15 is 0 Å². The summed E-state index contributed by atoms with van der Waals surface area (Å²) in [6, 6.07) is 2.42. The van der Waals surface area contributed by atoms with E-state index in [4.69, 9.17) is 4.42 Å². The van der Waals surface area contributed by atoms with Crippen molar-refractivity contribution in [2.45, 2.75) is 25.3 Å². The predicted molar refractivity (Wildman–Crippen MR) is 71.3 cm³/mol. The van der Waals surface area contributed by atoms with Crippen molar-refractivity contribution in [2.24, 2.45) is 0 Å². The van der Waals surface area contributed by atoms with Crippen LogP contribution in [0, 0.1) is 25.5 Å². The minimum atomic E-state index is -4.22. The van der Waals surface area contributed by atoms with Gasteiger partial charge in [0.25, 0.3) is 10.0 Å². The molecule has 0 atom stereocenters. The first-order valence-corrected chi connectivity index (χ1v) is 7.42. The molecule has 0 aliphatic heterocycles. The molecule has 0 saturated heterocycles. The summed E-state index contributed by atoms with van der Waals surface area (Å²) in [7, 11) is -4.22. The van der Waals surface area contributed by atoms with Crippen LogP contribution in [-0.2, 0) is 16.6 Å². The molecule has 1 aromatic heterocycles. The summed E-state index contributed by atoms with van der Waals surface area (Å²) in [6.07, 6.45) is 0. The van der Waals surface area contributed by atoms with Gasteiger partial charge in [-0.1, -0.05) is 0 Å². The van der Waals surface area contributed by atoms with E-state index in [0.717, 1.165) is 18.2 Å². The lowest BCUT2D eigenvalue weighted by molar-refractivity contribution is 0.276. The van der Waals surface area contributed by atoms with Crippen molar-refractivity contribution in [2.75, 3.05) is 4.72 Å². The third kappa shape index (κ3) is 2.91. The monoisotopic (exact) mass is 317 g/mol. The second-order valence-corrected chi connectivity index (χ2v) is 6.03. The first kappa shape index (κ1) is 15.5. The molecular formula is C13H13F2NO4S. The zero-order valence-corrected chi connectivity index (χ0v) is 12.1. The van der Waals surface area contributed by atoms with Gasteiger partial charge < -0.3 is 9.52 Å². The highest BCUT2D eigenvalue weighted by atomic mass is 32.2. The van der Waals surface area contributed by atoms with Gasteiger partial charge in [0, 0.05) is 11.6 Å². The Kier molecular flexibility index (Phi) is 4.02. The lowest BCUT2D eigenvalue weighted by Crippen LogP contribution is -2.16. The van der Waals surface area contributed by atoms with Gasteiger partial charge in [-0.15, -0.1) is 0 Å². The fourth-order valence-electron chi connectivity index (χ4n) is 2.02. The maximum atomic E-state index is 13.5. The molecule has 0 spiro atoms. The zero-order valence-electron chi connectivity index (χ0n) is 11.3. The number of benzene rings is 1. The molecule has 21 heavy (non-hydrogen) atoms. The Morgan fingerprint density at radius 1 is 1.24 bits per heavy atom.